The van der Waals surface area contributed by atoms with Crippen LogP contribution in [0.5, 0.6) is 0 Å². The number of carbonyl (C=O) groups is 2. The number of nitrogens with one attached hydrogen (secondary N) is 2. The first kappa shape index (κ1) is 20.3. The van der Waals surface area contributed by atoms with E-state index in [9.17, 15) is 9.59 Å². The standard InChI is InChI=1S/C17H27BN4O4/c1-12(22-15(24)13-11-19-9-10-20-13)14(23)21-8-6-7-18-25-16(2,3)17(4,5)26-18/h9-12H,6-8H2,1-5H3,(H,21,23)(H,22,24)/t12-/m0/s1. The molecule has 0 unspecified atom stereocenters. The van der Waals surface area contributed by atoms with Gasteiger partial charge in [-0.05, 0) is 47.4 Å². The summed E-state index contributed by atoms with van der Waals surface area (Å²) in [4.78, 5) is 31.8. The Morgan fingerprint density at radius 3 is 2.42 bits per heavy atom. The Morgan fingerprint density at radius 2 is 1.85 bits per heavy atom. The molecule has 0 aromatic carbocycles. The predicted octanol–water partition coefficient (Wildman–Crippen LogP) is 1.19. The average molecular weight is 362 g/mol. The van der Waals surface area contributed by atoms with Crippen LogP contribution in [0.3, 0.4) is 0 Å². The van der Waals surface area contributed by atoms with E-state index < -0.39 is 11.9 Å². The molecule has 1 aromatic heterocycles. The number of amides is 2. The minimum absolute atomic E-state index is 0.174. The number of nitrogens with zero attached hydrogens (tertiary/aromatic N) is 2. The Morgan fingerprint density at radius 1 is 1.19 bits per heavy atom. The Hall–Kier alpha value is -2.00. The van der Waals surface area contributed by atoms with Crippen LogP contribution in [0, 0.1) is 0 Å². The first-order valence-electron chi connectivity index (χ1n) is 8.82. The lowest BCUT2D eigenvalue weighted by Crippen LogP contribution is -2.45. The van der Waals surface area contributed by atoms with Crippen LogP contribution in [-0.4, -0.2) is 52.7 Å². The van der Waals surface area contributed by atoms with Gasteiger partial charge in [0.2, 0.25) is 5.91 Å². The summed E-state index contributed by atoms with van der Waals surface area (Å²) in [7, 11) is -0.273. The van der Waals surface area contributed by atoms with Gasteiger partial charge in [-0.1, -0.05) is 0 Å². The van der Waals surface area contributed by atoms with Gasteiger partial charge in [0, 0.05) is 18.9 Å². The summed E-state index contributed by atoms with van der Waals surface area (Å²) in [6.45, 7) is 10.1. The molecule has 1 aliphatic heterocycles. The van der Waals surface area contributed by atoms with Gasteiger partial charge in [0.15, 0.2) is 0 Å². The second-order valence-electron chi connectivity index (χ2n) is 7.40. The molecule has 2 heterocycles. The molecule has 8 nitrogen and oxygen atoms in total. The summed E-state index contributed by atoms with van der Waals surface area (Å²) in [5.74, 6) is -0.686. The zero-order chi connectivity index (χ0) is 19.4. The van der Waals surface area contributed by atoms with Gasteiger partial charge in [0.25, 0.3) is 5.91 Å². The van der Waals surface area contributed by atoms with E-state index in [0.29, 0.717) is 19.3 Å². The summed E-state index contributed by atoms with van der Waals surface area (Å²) < 4.78 is 11.8. The number of rotatable bonds is 7. The molecule has 2 rings (SSSR count). The molecule has 0 spiro atoms. The van der Waals surface area contributed by atoms with Gasteiger partial charge in [0.05, 0.1) is 17.4 Å². The van der Waals surface area contributed by atoms with Gasteiger partial charge >= 0.3 is 7.12 Å². The van der Waals surface area contributed by atoms with E-state index in [1.165, 1.54) is 18.6 Å². The fourth-order valence-corrected chi connectivity index (χ4v) is 2.47. The first-order chi connectivity index (χ1) is 12.1. The topological polar surface area (TPSA) is 102 Å². The van der Waals surface area contributed by atoms with Gasteiger partial charge in [-0.2, -0.15) is 0 Å². The molecule has 2 amide bonds. The van der Waals surface area contributed by atoms with E-state index in [4.69, 9.17) is 9.31 Å². The molecule has 1 saturated heterocycles. The SMILES string of the molecule is C[C@H](NC(=O)c1cnccn1)C(=O)NCCCB1OC(C)(C)C(C)(C)O1. The Kier molecular flexibility index (Phi) is 6.36. The molecule has 0 radical (unpaired) electrons. The van der Waals surface area contributed by atoms with E-state index in [1.54, 1.807) is 6.92 Å². The summed E-state index contributed by atoms with van der Waals surface area (Å²) in [6.07, 6.45) is 5.66. The Balaban J connectivity index is 1.68. The van der Waals surface area contributed by atoms with Crippen molar-refractivity contribution in [3.8, 4) is 0 Å². The molecule has 2 N–H and O–H groups in total. The normalized spacial score (nSPS) is 19.0. The maximum Gasteiger partial charge on any atom is 0.457 e. The third-order valence-corrected chi connectivity index (χ3v) is 4.75. The van der Waals surface area contributed by atoms with E-state index in [0.717, 1.165) is 0 Å². The number of carbonyl (C=O) groups excluding carboxylic acids is 2. The molecule has 1 aliphatic rings. The molecular formula is C17H27BN4O4. The summed E-state index contributed by atoms with van der Waals surface area (Å²) in [6, 6.07) is -0.665. The third-order valence-electron chi connectivity index (χ3n) is 4.75. The highest BCUT2D eigenvalue weighted by Gasteiger charge is 2.50. The lowest BCUT2D eigenvalue weighted by molar-refractivity contribution is -0.122. The fraction of sp³-hybridized carbons (Fsp3) is 0.647. The third kappa shape index (κ3) is 5.01. The van der Waals surface area contributed by atoms with Crippen LogP contribution in [0.2, 0.25) is 6.32 Å². The molecule has 1 aromatic rings. The number of hydrogen-bond acceptors (Lipinski definition) is 6. The van der Waals surface area contributed by atoms with E-state index in [1.807, 2.05) is 27.7 Å². The smallest absolute Gasteiger partial charge is 0.403 e. The first-order valence-corrected chi connectivity index (χ1v) is 8.82. The van der Waals surface area contributed by atoms with Crippen LogP contribution in [0.4, 0.5) is 0 Å². The second kappa shape index (κ2) is 8.13. The lowest BCUT2D eigenvalue weighted by Gasteiger charge is -2.32. The molecular weight excluding hydrogens is 335 g/mol. The van der Waals surface area contributed by atoms with Crippen LogP contribution in [0.1, 0.15) is 51.5 Å². The van der Waals surface area contributed by atoms with Gasteiger partial charge in [-0.15, -0.1) is 0 Å². The summed E-state index contributed by atoms with van der Waals surface area (Å²) in [5.41, 5.74) is -0.520. The van der Waals surface area contributed by atoms with E-state index in [2.05, 4.69) is 20.6 Å². The van der Waals surface area contributed by atoms with Gasteiger partial charge in [0.1, 0.15) is 11.7 Å². The van der Waals surface area contributed by atoms with E-state index >= 15 is 0 Å². The molecule has 0 saturated carbocycles. The van der Waals surface area contributed by atoms with Crippen molar-refractivity contribution < 1.29 is 18.9 Å². The molecule has 0 bridgehead atoms. The number of aromatic nitrogens is 2. The van der Waals surface area contributed by atoms with Crippen molar-refractivity contribution in [3.63, 3.8) is 0 Å². The van der Waals surface area contributed by atoms with Crippen LogP contribution >= 0.6 is 0 Å². The zero-order valence-electron chi connectivity index (χ0n) is 16.0. The van der Waals surface area contributed by atoms with Crippen molar-refractivity contribution >= 4 is 18.9 Å². The highest BCUT2D eigenvalue weighted by atomic mass is 16.7. The molecule has 9 heteroatoms. The largest absolute Gasteiger partial charge is 0.457 e. The molecule has 26 heavy (non-hydrogen) atoms. The highest BCUT2D eigenvalue weighted by molar-refractivity contribution is 6.45. The lowest BCUT2D eigenvalue weighted by atomic mass is 9.83. The van der Waals surface area contributed by atoms with Gasteiger partial charge in [-0.3, -0.25) is 14.6 Å². The minimum atomic E-state index is -0.665. The van der Waals surface area contributed by atoms with Crippen molar-refractivity contribution in [3.05, 3.63) is 24.3 Å². The highest BCUT2D eigenvalue weighted by Crippen LogP contribution is 2.37. The van der Waals surface area contributed by atoms with Crippen molar-refractivity contribution in [1.29, 1.82) is 0 Å². The quantitative estimate of drug-likeness (QED) is 0.558. The van der Waals surface area contributed by atoms with Gasteiger partial charge < -0.3 is 19.9 Å². The van der Waals surface area contributed by atoms with Crippen LogP contribution in [-0.2, 0) is 14.1 Å². The van der Waals surface area contributed by atoms with Crippen molar-refractivity contribution in [2.45, 2.75) is 64.6 Å². The molecule has 1 fully saturated rings. The number of hydrogen-bond donors (Lipinski definition) is 2. The average Bonchev–Trinajstić information content (AvgIpc) is 2.79. The fourth-order valence-electron chi connectivity index (χ4n) is 2.47. The second-order valence-corrected chi connectivity index (χ2v) is 7.40. The Bertz CT molecular complexity index is 623. The Labute approximate surface area is 154 Å². The van der Waals surface area contributed by atoms with Gasteiger partial charge in [-0.25, -0.2) is 4.98 Å². The van der Waals surface area contributed by atoms with Crippen molar-refractivity contribution in [2.24, 2.45) is 0 Å². The van der Waals surface area contributed by atoms with Crippen LogP contribution < -0.4 is 10.6 Å². The molecule has 142 valence electrons. The van der Waals surface area contributed by atoms with Crippen molar-refractivity contribution in [1.82, 2.24) is 20.6 Å². The molecule has 1 atom stereocenters. The van der Waals surface area contributed by atoms with Crippen LogP contribution in [0.25, 0.3) is 0 Å². The monoisotopic (exact) mass is 362 g/mol. The van der Waals surface area contributed by atoms with Crippen molar-refractivity contribution in [2.75, 3.05) is 6.54 Å². The van der Waals surface area contributed by atoms with E-state index in [-0.39, 0.29) is 29.9 Å². The predicted molar refractivity (Wildman–Crippen MR) is 97.5 cm³/mol. The zero-order valence-corrected chi connectivity index (χ0v) is 16.0. The molecule has 0 aliphatic carbocycles. The maximum absolute atomic E-state index is 12.1. The summed E-state index contributed by atoms with van der Waals surface area (Å²) in [5, 5.41) is 5.40. The summed E-state index contributed by atoms with van der Waals surface area (Å²) >= 11 is 0. The maximum atomic E-state index is 12.1. The minimum Gasteiger partial charge on any atom is -0.403 e. The van der Waals surface area contributed by atoms with Crippen LogP contribution in [0.15, 0.2) is 18.6 Å².